The molecule has 0 aliphatic heterocycles. The van der Waals surface area contributed by atoms with Crippen LogP contribution in [0.1, 0.15) is 214 Å². The quantitative estimate of drug-likeness (QED) is 0.0537. The Kier molecular flexibility index (Phi) is 28.4. The van der Waals surface area contributed by atoms with Gasteiger partial charge in [-0.2, -0.15) is 0 Å². The molecule has 302 valence electrons. The summed E-state index contributed by atoms with van der Waals surface area (Å²) in [6.45, 7) is 4.96. The lowest BCUT2D eigenvalue weighted by molar-refractivity contribution is -0.126. The Morgan fingerprint density at radius 2 is 0.811 bits per heavy atom. The van der Waals surface area contributed by atoms with E-state index in [-0.39, 0.29) is 29.5 Å². The molecule has 1 aromatic carbocycles. The molecule has 0 atom stereocenters. The van der Waals surface area contributed by atoms with Gasteiger partial charge in [0.15, 0.2) is 0 Å². The molecule has 1 aliphatic carbocycles. The molecular formula is C45H78N4O4. The van der Waals surface area contributed by atoms with E-state index in [2.05, 4.69) is 28.2 Å². The van der Waals surface area contributed by atoms with E-state index in [4.69, 9.17) is 0 Å². The standard InChI is InChI=1S/C45H78N4O4/c1-2-3-4-5-6-7-8-9-10-11-12-13-14-15-23-30-42(50)46-35-24-16-17-25-37-48-44(52)40-31-33-41(34-32-40)45(53)49-38-27-19-18-26-36-47-43(51)39-28-21-20-22-29-39/h31-34,39H,2-30,35-38H2,1H3,(H,46,50)(H,47,51)(H,48,52)(H,49,53). The van der Waals surface area contributed by atoms with Gasteiger partial charge in [-0.25, -0.2) is 0 Å². The fraction of sp³-hybridized carbons (Fsp3) is 0.778. The van der Waals surface area contributed by atoms with Crippen LogP contribution in [0.25, 0.3) is 0 Å². The molecule has 0 heterocycles. The first-order valence-corrected chi connectivity index (χ1v) is 22.2. The van der Waals surface area contributed by atoms with Crippen LogP contribution in [-0.2, 0) is 9.59 Å². The van der Waals surface area contributed by atoms with Crippen molar-refractivity contribution in [3.05, 3.63) is 35.4 Å². The zero-order valence-electron chi connectivity index (χ0n) is 33.9. The molecule has 1 saturated carbocycles. The first kappa shape index (κ1) is 46.3. The summed E-state index contributed by atoms with van der Waals surface area (Å²) in [5.41, 5.74) is 1.10. The number of unbranched alkanes of at least 4 members (excludes halogenated alkanes) is 20. The number of carbonyl (C=O) groups is 4. The van der Waals surface area contributed by atoms with Gasteiger partial charge in [0.1, 0.15) is 0 Å². The highest BCUT2D eigenvalue weighted by atomic mass is 16.2. The third kappa shape index (κ3) is 24.9. The van der Waals surface area contributed by atoms with Gasteiger partial charge in [0.25, 0.3) is 11.8 Å². The summed E-state index contributed by atoms with van der Waals surface area (Å²) in [6.07, 6.45) is 34.1. The first-order valence-electron chi connectivity index (χ1n) is 22.2. The summed E-state index contributed by atoms with van der Waals surface area (Å²) in [6, 6.07) is 6.81. The number of hydrogen-bond donors (Lipinski definition) is 4. The zero-order chi connectivity index (χ0) is 38.0. The summed E-state index contributed by atoms with van der Waals surface area (Å²) in [7, 11) is 0. The monoisotopic (exact) mass is 739 g/mol. The zero-order valence-corrected chi connectivity index (χ0v) is 33.9. The lowest BCUT2D eigenvalue weighted by Crippen LogP contribution is -2.32. The second kappa shape index (κ2) is 32.5. The Morgan fingerprint density at radius 1 is 0.453 bits per heavy atom. The summed E-state index contributed by atoms with van der Waals surface area (Å²) in [4.78, 5) is 49.4. The summed E-state index contributed by atoms with van der Waals surface area (Å²) >= 11 is 0. The third-order valence-electron chi connectivity index (χ3n) is 10.8. The molecule has 0 unspecified atom stereocenters. The number of rotatable bonds is 33. The molecule has 1 fully saturated rings. The van der Waals surface area contributed by atoms with Crippen molar-refractivity contribution in [3.63, 3.8) is 0 Å². The van der Waals surface area contributed by atoms with Gasteiger partial charge in [-0.05, 0) is 69.2 Å². The van der Waals surface area contributed by atoms with Crippen LogP contribution in [0.5, 0.6) is 0 Å². The number of carbonyl (C=O) groups excluding carboxylic acids is 4. The maximum Gasteiger partial charge on any atom is 0.251 e. The molecule has 53 heavy (non-hydrogen) atoms. The predicted molar refractivity (Wildman–Crippen MR) is 220 cm³/mol. The Labute approximate surface area is 324 Å². The summed E-state index contributed by atoms with van der Waals surface area (Å²) in [5, 5.41) is 12.1. The third-order valence-corrected chi connectivity index (χ3v) is 10.8. The maximum atomic E-state index is 12.5. The molecule has 8 heteroatoms. The van der Waals surface area contributed by atoms with E-state index in [0.29, 0.717) is 30.6 Å². The van der Waals surface area contributed by atoms with E-state index < -0.39 is 0 Å². The second-order valence-corrected chi connectivity index (χ2v) is 15.6. The van der Waals surface area contributed by atoms with Gasteiger partial charge >= 0.3 is 0 Å². The molecule has 0 radical (unpaired) electrons. The molecule has 4 amide bonds. The summed E-state index contributed by atoms with van der Waals surface area (Å²) < 4.78 is 0. The van der Waals surface area contributed by atoms with Gasteiger partial charge in [0.05, 0.1) is 0 Å². The Hall–Kier alpha value is -2.90. The van der Waals surface area contributed by atoms with Gasteiger partial charge in [0.2, 0.25) is 11.8 Å². The Balaban J connectivity index is 1.34. The molecule has 0 spiro atoms. The SMILES string of the molecule is CCCCCCCCCCCCCCCCCC(=O)NCCCCCCNC(=O)c1ccc(C(=O)NCCCCCCNC(=O)C2CCCCC2)cc1. The minimum absolute atomic E-state index is 0.127. The number of benzene rings is 1. The molecular weight excluding hydrogens is 661 g/mol. The molecule has 0 aromatic heterocycles. The highest BCUT2D eigenvalue weighted by Crippen LogP contribution is 2.23. The largest absolute Gasteiger partial charge is 0.356 e. The smallest absolute Gasteiger partial charge is 0.251 e. The lowest BCUT2D eigenvalue weighted by atomic mass is 9.89. The van der Waals surface area contributed by atoms with Crippen molar-refractivity contribution in [3.8, 4) is 0 Å². The second-order valence-electron chi connectivity index (χ2n) is 15.6. The molecule has 1 aliphatic rings. The predicted octanol–water partition coefficient (Wildman–Crippen LogP) is 10.3. The van der Waals surface area contributed by atoms with Crippen molar-refractivity contribution in [2.24, 2.45) is 5.92 Å². The molecule has 2 rings (SSSR count). The van der Waals surface area contributed by atoms with Gasteiger partial charge in [0, 0.05) is 49.6 Å². The van der Waals surface area contributed by atoms with Crippen molar-refractivity contribution < 1.29 is 19.2 Å². The number of amides is 4. The van der Waals surface area contributed by atoms with Crippen LogP contribution in [0, 0.1) is 5.92 Å². The van der Waals surface area contributed by atoms with Crippen molar-refractivity contribution in [1.29, 1.82) is 0 Å². The number of hydrogen-bond acceptors (Lipinski definition) is 4. The Morgan fingerprint density at radius 3 is 1.25 bits per heavy atom. The van der Waals surface area contributed by atoms with Crippen molar-refractivity contribution >= 4 is 23.6 Å². The summed E-state index contributed by atoms with van der Waals surface area (Å²) in [5.74, 6) is 0.365. The number of nitrogens with one attached hydrogen (secondary N) is 4. The molecule has 8 nitrogen and oxygen atoms in total. The van der Waals surface area contributed by atoms with E-state index >= 15 is 0 Å². The average molecular weight is 739 g/mol. The average Bonchev–Trinajstić information content (AvgIpc) is 3.18. The maximum absolute atomic E-state index is 12.5. The van der Waals surface area contributed by atoms with Crippen LogP contribution in [0.2, 0.25) is 0 Å². The van der Waals surface area contributed by atoms with Crippen molar-refractivity contribution in [2.45, 2.75) is 193 Å². The van der Waals surface area contributed by atoms with Gasteiger partial charge < -0.3 is 21.3 Å². The van der Waals surface area contributed by atoms with Crippen LogP contribution in [0.4, 0.5) is 0 Å². The van der Waals surface area contributed by atoms with E-state index in [0.717, 1.165) is 90.1 Å². The Bertz CT molecular complexity index is 1090. The lowest BCUT2D eigenvalue weighted by Gasteiger charge is -2.20. The van der Waals surface area contributed by atoms with Crippen LogP contribution in [-0.4, -0.2) is 49.8 Å². The molecule has 0 saturated heterocycles. The van der Waals surface area contributed by atoms with Crippen LogP contribution < -0.4 is 21.3 Å². The van der Waals surface area contributed by atoms with Gasteiger partial charge in [-0.3, -0.25) is 19.2 Å². The molecule has 1 aromatic rings. The minimum Gasteiger partial charge on any atom is -0.356 e. The molecule has 0 bridgehead atoms. The normalized spacial score (nSPS) is 13.1. The topological polar surface area (TPSA) is 116 Å². The fourth-order valence-corrected chi connectivity index (χ4v) is 7.28. The first-order chi connectivity index (χ1) is 26.0. The van der Waals surface area contributed by atoms with Gasteiger partial charge in [-0.15, -0.1) is 0 Å². The molecule has 4 N–H and O–H groups in total. The van der Waals surface area contributed by atoms with E-state index in [1.165, 1.54) is 103 Å². The van der Waals surface area contributed by atoms with Crippen LogP contribution >= 0.6 is 0 Å². The van der Waals surface area contributed by atoms with Crippen LogP contribution in [0.3, 0.4) is 0 Å². The minimum atomic E-state index is -0.127. The van der Waals surface area contributed by atoms with Gasteiger partial charge in [-0.1, -0.05) is 142 Å². The van der Waals surface area contributed by atoms with E-state index in [1.54, 1.807) is 24.3 Å². The fourth-order valence-electron chi connectivity index (χ4n) is 7.28. The highest BCUT2D eigenvalue weighted by molar-refractivity contribution is 5.97. The van der Waals surface area contributed by atoms with E-state index in [1.807, 2.05) is 0 Å². The highest BCUT2D eigenvalue weighted by Gasteiger charge is 2.20. The van der Waals surface area contributed by atoms with Crippen molar-refractivity contribution in [1.82, 2.24) is 21.3 Å². The van der Waals surface area contributed by atoms with Crippen LogP contribution in [0.15, 0.2) is 24.3 Å². The van der Waals surface area contributed by atoms with E-state index in [9.17, 15) is 19.2 Å². The van der Waals surface area contributed by atoms with Crippen molar-refractivity contribution in [2.75, 3.05) is 26.2 Å².